The van der Waals surface area contributed by atoms with Crippen LogP contribution in [0.15, 0.2) is 46.6 Å². The van der Waals surface area contributed by atoms with Crippen molar-refractivity contribution in [2.24, 2.45) is 0 Å². The van der Waals surface area contributed by atoms with Crippen LogP contribution in [0.5, 0.6) is 0 Å². The average Bonchev–Trinajstić information content (AvgIpc) is 3.22. The quantitative estimate of drug-likeness (QED) is 0.528. The molecule has 1 aliphatic heterocycles. The van der Waals surface area contributed by atoms with Gasteiger partial charge in [0.1, 0.15) is 0 Å². The molecule has 142 valence electrons. The highest BCUT2D eigenvalue weighted by Crippen LogP contribution is 2.31. The fourth-order valence-corrected chi connectivity index (χ4v) is 5.26. The molecule has 0 radical (unpaired) electrons. The first-order valence-electron chi connectivity index (χ1n) is 9.44. The Bertz CT molecular complexity index is 1260. The fraction of sp³-hybridized carbons (Fsp3) is 0.273. The third-order valence-electron chi connectivity index (χ3n) is 5.54. The number of hydrogen-bond donors (Lipinski definition) is 1. The zero-order valence-corrected chi connectivity index (χ0v) is 16.3. The molecule has 3 heterocycles. The number of fused-ring (bicyclic) bond motifs is 2. The highest BCUT2D eigenvalue weighted by molar-refractivity contribution is 7.17. The summed E-state index contributed by atoms with van der Waals surface area (Å²) in [6, 6.07) is 12.4. The Morgan fingerprint density at radius 3 is 3.00 bits per heavy atom. The molecule has 5 nitrogen and oxygen atoms in total. The molecule has 1 aliphatic rings. The minimum Gasteiger partial charge on any atom is -0.466 e. The molecule has 0 spiro atoms. The topological polar surface area (TPSA) is 64.1 Å². The number of H-pyrrole nitrogens is 1. The number of aromatic nitrogens is 2. The molecule has 28 heavy (non-hydrogen) atoms. The predicted molar refractivity (Wildman–Crippen MR) is 111 cm³/mol. The second kappa shape index (κ2) is 6.63. The summed E-state index contributed by atoms with van der Waals surface area (Å²) in [6.07, 6.45) is 1.74. The molecular formula is C22H20N2O3S. The van der Waals surface area contributed by atoms with Gasteiger partial charge in [0.15, 0.2) is 0 Å². The zero-order chi connectivity index (χ0) is 19.3. The number of nitrogens with zero attached hydrogens (tertiary/aromatic N) is 1. The number of cyclic esters (lactones) is 1. The molecule has 1 atom stereocenters. The number of carbonyl (C=O) groups is 1. The van der Waals surface area contributed by atoms with Gasteiger partial charge in [0.05, 0.1) is 30.1 Å². The van der Waals surface area contributed by atoms with E-state index >= 15 is 0 Å². The van der Waals surface area contributed by atoms with Gasteiger partial charge >= 0.3 is 11.7 Å². The van der Waals surface area contributed by atoms with E-state index in [9.17, 15) is 9.59 Å². The van der Waals surface area contributed by atoms with Crippen molar-refractivity contribution < 1.29 is 9.53 Å². The predicted octanol–water partition coefficient (Wildman–Crippen LogP) is 4.32. The molecule has 1 saturated heterocycles. The number of nitrogens with one attached hydrogen (secondary N) is 1. The van der Waals surface area contributed by atoms with Crippen LogP contribution >= 0.6 is 11.3 Å². The smallest absolute Gasteiger partial charge is 0.326 e. The SMILES string of the molecule is Cc1cccc2scc(Cc3ccc4c(c3)[nH]c(=O)n4C3CCOC(=O)C3)c12. The Morgan fingerprint density at radius 2 is 2.14 bits per heavy atom. The van der Waals surface area contributed by atoms with Gasteiger partial charge in [-0.25, -0.2) is 4.79 Å². The van der Waals surface area contributed by atoms with Crippen molar-refractivity contribution in [3.8, 4) is 0 Å². The van der Waals surface area contributed by atoms with Gasteiger partial charge in [-0.1, -0.05) is 18.2 Å². The van der Waals surface area contributed by atoms with E-state index in [1.807, 2.05) is 6.07 Å². The Hall–Kier alpha value is -2.86. The minimum absolute atomic E-state index is 0.142. The second-order valence-corrected chi connectivity index (χ2v) is 8.32. The van der Waals surface area contributed by atoms with E-state index in [4.69, 9.17) is 4.74 Å². The van der Waals surface area contributed by atoms with Crippen molar-refractivity contribution >= 4 is 38.4 Å². The van der Waals surface area contributed by atoms with E-state index in [1.165, 1.54) is 21.2 Å². The van der Waals surface area contributed by atoms with Crippen LogP contribution in [-0.4, -0.2) is 22.1 Å². The number of hydrogen-bond acceptors (Lipinski definition) is 4. The molecule has 0 bridgehead atoms. The number of esters is 1. The first-order chi connectivity index (χ1) is 13.6. The first-order valence-corrected chi connectivity index (χ1v) is 10.3. The Kier molecular flexibility index (Phi) is 4.09. The van der Waals surface area contributed by atoms with E-state index in [-0.39, 0.29) is 24.1 Å². The van der Waals surface area contributed by atoms with Crippen molar-refractivity contribution in [3.05, 3.63) is 69.0 Å². The van der Waals surface area contributed by atoms with Crippen molar-refractivity contribution in [2.75, 3.05) is 6.61 Å². The van der Waals surface area contributed by atoms with Crippen LogP contribution < -0.4 is 5.69 Å². The van der Waals surface area contributed by atoms with Gasteiger partial charge in [0.2, 0.25) is 0 Å². The Morgan fingerprint density at radius 1 is 1.25 bits per heavy atom. The highest BCUT2D eigenvalue weighted by atomic mass is 32.1. The summed E-state index contributed by atoms with van der Waals surface area (Å²) in [5.41, 5.74) is 5.26. The van der Waals surface area contributed by atoms with Crippen LogP contribution in [-0.2, 0) is 16.0 Å². The van der Waals surface area contributed by atoms with E-state index in [2.05, 4.69) is 47.6 Å². The molecule has 5 rings (SSSR count). The van der Waals surface area contributed by atoms with E-state index in [0.717, 1.165) is 23.0 Å². The molecule has 0 aliphatic carbocycles. The Balaban J connectivity index is 1.52. The number of aryl methyl sites for hydroxylation is 1. The number of aromatic amines is 1. The summed E-state index contributed by atoms with van der Waals surface area (Å²) in [5, 5.41) is 3.56. The molecule has 4 aromatic rings. The molecule has 1 fully saturated rings. The second-order valence-electron chi connectivity index (χ2n) is 7.40. The fourth-order valence-electron chi connectivity index (χ4n) is 4.23. The lowest BCUT2D eigenvalue weighted by Gasteiger charge is -2.22. The van der Waals surface area contributed by atoms with Gasteiger partial charge in [0.25, 0.3) is 0 Å². The van der Waals surface area contributed by atoms with E-state index in [1.54, 1.807) is 15.9 Å². The largest absolute Gasteiger partial charge is 0.466 e. The van der Waals surface area contributed by atoms with Gasteiger partial charge in [0, 0.05) is 11.1 Å². The average molecular weight is 392 g/mol. The number of ether oxygens (including phenoxy) is 1. The van der Waals surface area contributed by atoms with Gasteiger partial charge < -0.3 is 9.72 Å². The number of imidazole rings is 1. The van der Waals surface area contributed by atoms with Crippen molar-refractivity contribution in [1.29, 1.82) is 0 Å². The Labute approximate surface area is 165 Å². The summed E-state index contributed by atoms with van der Waals surface area (Å²) in [4.78, 5) is 27.2. The van der Waals surface area contributed by atoms with Gasteiger partial charge in [-0.3, -0.25) is 9.36 Å². The third-order valence-corrected chi connectivity index (χ3v) is 6.54. The molecule has 0 saturated carbocycles. The normalized spacial score (nSPS) is 17.3. The van der Waals surface area contributed by atoms with Gasteiger partial charge in [-0.05, 0) is 59.0 Å². The van der Waals surface area contributed by atoms with Crippen LogP contribution in [0.25, 0.3) is 21.1 Å². The van der Waals surface area contributed by atoms with Crippen molar-refractivity contribution in [2.45, 2.75) is 32.2 Å². The molecule has 1 N–H and O–H groups in total. The lowest BCUT2D eigenvalue weighted by molar-refractivity contribution is -0.148. The van der Waals surface area contributed by atoms with E-state index in [0.29, 0.717) is 13.0 Å². The maximum absolute atomic E-state index is 12.5. The van der Waals surface area contributed by atoms with Gasteiger partial charge in [-0.15, -0.1) is 11.3 Å². The minimum atomic E-state index is -0.242. The summed E-state index contributed by atoms with van der Waals surface area (Å²) >= 11 is 1.77. The van der Waals surface area contributed by atoms with Crippen LogP contribution in [0.4, 0.5) is 0 Å². The lowest BCUT2D eigenvalue weighted by atomic mass is 10.0. The molecule has 2 aromatic heterocycles. The van der Waals surface area contributed by atoms with Crippen molar-refractivity contribution in [3.63, 3.8) is 0 Å². The van der Waals surface area contributed by atoms with Gasteiger partial charge in [-0.2, -0.15) is 0 Å². The first kappa shape index (κ1) is 17.3. The monoisotopic (exact) mass is 392 g/mol. The number of benzene rings is 2. The van der Waals surface area contributed by atoms with Crippen LogP contribution in [0.3, 0.4) is 0 Å². The lowest BCUT2D eigenvalue weighted by Crippen LogP contribution is -2.29. The number of thiophene rings is 1. The standard InChI is InChI=1S/C22H20N2O3S/c1-13-3-2-4-19-21(13)15(12-28-19)9-14-5-6-18-17(10-14)23-22(26)24(18)16-7-8-27-20(25)11-16/h2-6,10,12,16H,7-9,11H2,1H3,(H,23,26). The molecule has 6 heteroatoms. The molecule has 2 aromatic carbocycles. The van der Waals surface area contributed by atoms with Crippen molar-refractivity contribution in [1.82, 2.24) is 9.55 Å². The zero-order valence-electron chi connectivity index (χ0n) is 15.5. The van der Waals surface area contributed by atoms with Crippen LogP contribution in [0.1, 0.15) is 35.6 Å². The van der Waals surface area contributed by atoms with Crippen LogP contribution in [0.2, 0.25) is 0 Å². The molecular weight excluding hydrogens is 372 g/mol. The summed E-state index contributed by atoms with van der Waals surface area (Å²) in [6.45, 7) is 2.51. The summed E-state index contributed by atoms with van der Waals surface area (Å²) in [7, 11) is 0. The summed E-state index contributed by atoms with van der Waals surface area (Å²) < 4.78 is 8.03. The van der Waals surface area contributed by atoms with E-state index < -0.39 is 0 Å². The maximum atomic E-state index is 12.5. The maximum Gasteiger partial charge on any atom is 0.326 e. The number of carbonyl (C=O) groups excluding carboxylic acids is 1. The summed E-state index contributed by atoms with van der Waals surface area (Å²) in [5.74, 6) is -0.242. The van der Waals surface area contributed by atoms with Crippen LogP contribution in [0, 0.1) is 6.92 Å². The molecule has 0 amide bonds. The molecule has 1 unspecified atom stereocenters. The highest BCUT2D eigenvalue weighted by Gasteiger charge is 2.25. The third kappa shape index (κ3) is 2.85. The number of rotatable bonds is 3.